The van der Waals surface area contributed by atoms with Crippen LogP contribution in [0.2, 0.25) is 0 Å². The third kappa shape index (κ3) is 2.56. The highest BCUT2D eigenvalue weighted by Gasteiger charge is 2.20. The van der Waals surface area contributed by atoms with E-state index < -0.39 is 5.54 Å². The number of nitrogens with one attached hydrogen (secondary N) is 1. The van der Waals surface area contributed by atoms with Gasteiger partial charge in [0, 0.05) is 13.2 Å². The molecule has 0 spiro atoms. The lowest BCUT2D eigenvalue weighted by Crippen LogP contribution is -2.46. The minimum absolute atomic E-state index is 0.106. The van der Waals surface area contributed by atoms with Crippen molar-refractivity contribution in [1.29, 1.82) is 0 Å². The molecule has 78 valence electrons. The first-order chi connectivity index (χ1) is 6.44. The van der Waals surface area contributed by atoms with Crippen LogP contribution in [0.1, 0.15) is 24.3 Å². The van der Waals surface area contributed by atoms with Crippen molar-refractivity contribution in [3.8, 4) is 0 Å². The molecule has 0 aliphatic rings. The number of hydrogen-bond donors (Lipinski definition) is 2. The maximum Gasteiger partial charge on any atom is 0.271 e. The van der Waals surface area contributed by atoms with E-state index in [0.29, 0.717) is 5.69 Å². The van der Waals surface area contributed by atoms with Gasteiger partial charge in [-0.2, -0.15) is 0 Å². The Kier molecular flexibility index (Phi) is 2.90. The molecule has 0 atom stereocenters. The predicted molar refractivity (Wildman–Crippen MR) is 51.8 cm³/mol. The molecule has 1 aromatic rings. The van der Waals surface area contributed by atoms with Crippen LogP contribution in [0.4, 0.5) is 0 Å². The largest absolute Gasteiger partial charge is 0.394 e. The second-order valence-corrected chi connectivity index (χ2v) is 3.92. The summed E-state index contributed by atoms with van der Waals surface area (Å²) in [4.78, 5) is 15.4. The summed E-state index contributed by atoms with van der Waals surface area (Å²) < 4.78 is 1.70. The zero-order valence-electron chi connectivity index (χ0n) is 8.61. The van der Waals surface area contributed by atoms with Crippen molar-refractivity contribution in [2.75, 3.05) is 6.61 Å². The molecule has 14 heavy (non-hydrogen) atoms. The van der Waals surface area contributed by atoms with Crippen LogP contribution in [0.5, 0.6) is 0 Å². The number of aliphatic hydroxyl groups is 1. The number of amides is 1. The van der Waals surface area contributed by atoms with Crippen molar-refractivity contribution in [2.45, 2.75) is 19.4 Å². The lowest BCUT2D eigenvalue weighted by Gasteiger charge is -2.22. The fourth-order valence-corrected chi connectivity index (χ4v) is 0.941. The number of aryl methyl sites for hydroxylation is 1. The monoisotopic (exact) mass is 197 g/mol. The molecule has 0 aromatic carbocycles. The summed E-state index contributed by atoms with van der Waals surface area (Å²) in [5, 5.41) is 11.6. The maximum atomic E-state index is 11.5. The molecule has 0 unspecified atom stereocenters. The van der Waals surface area contributed by atoms with Crippen molar-refractivity contribution >= 4 is 5.91 Å². The molecular formula is C9H15N3O2. The van der Waals surface area contributed by atoms with Crippen molar-refractivity contribution in [2.24, 2.45) is 7.05 Å². The SMILES string of the molecule is Cn1cnc(C(=O)NC(C)(C)CO)c1. The molecule has 5 heteroatoms. The van der Waals surface area contributed by atoms with Crippen molar-refractivity contribution in [3.63, 3.8) is 0 Å². The number of aliphatic hydroxyl groups excluding tert-OH is 1. The number of aromatic nitrogens is 2. The van der Waals surface area contributed by atoms with Crippen LogP contribution in [-0.4, -0.2) is 32.7 Å². The number of carbonyl (C=O) groups excluding carboxylic acids is 1. The summed E-state index contributed by atoms with van der Waals surface area (Å²) in [5.74, 6) is -0.273. The van der Waals surface area contributed by atoms with Crippen LogP contribution in [0.3, 0.4) is 0 Å². The fourth-order valence-electron chi connectivity index (χ4n) is 0.941. The van der Waals surface area contributed by atoms with E-state index in [9.17, 15) is 4.79 Å². The average molecular weight is 197 g/mol. The fraction of sp³-hybridized carbons (Fsp3) is 0.556. The molecule has 0 aliphatic heterocycles. The Balaban J connectivity index is 2.68. The van der Waals surface area contributed by atoms with Crippen LogP contribution in [0, 0.1) is 0 Å². The van der Waals surface area contributed by atoms with Gasteiger partial charge in [-0.25, -0.2) is 4.98 Å². The summed E-state index contributed by atoms with van der Waals surface area (Å²) in [6.07, 6.45) is 3.18. The topological polar surface area (TPSA) is 67.2 Å². The van der Waals surface area contributed by atoms with Gasteiger partial charge in [0.2, 0.25) is 0 Å². The summed E-state index contributed by atoms with van der Waals surface area (Å²) in [6, 6.07) is 0. The van der Waals surface area contributed by atoms with Crippen LogP contribution >= 0.6 is 0 Å². The van der Waals surface area contributed by atoms with Gasteiger partial charge in [-0.05, 0) is 13.8 Å². The van der Waals surface area contributed by atoms with E-state index in [0.717, 1.165) is 0 Å². The summed E-state index contributed by atoms with van der Waals surface area (Å²) in [5.41, 5.74) is -0.261. The Morgan fingerprint density at radius 3 is 2.79 bits per heavy atom. The normalized spacial score (nSPS) is 11.4. The van der Waals surface area contributed by atoms with Gasteiger partial charge in [0.1, 0.15) is 5.69 Å². The lowest BCUT2D eigenvalue weighted by atomic mass is 10.1. The maximum absolute atomic E-state index is 11.5. The number of hydrogen-bond acceptors (Lipinski definition) is 3. The molecule has 0 fully saturated rings. The van der Waals surface area contributed by atoms with E-state index >= 15 is 0 Å². The molecule has 0 bridgehead atoms. The van der Waals surface area contributed by atoms with E-state index in [4.69, 9.17) is 5.11 Å². The molecule has 1 heterocycles. The van der Waals surface area contributed by atoms with Gasteiger partial charge in [0.05, 0.1) is 18.5 Å². The minimum atomic E-state index is -0.616. The Labute approximate surface area is 82.8 Å². The second kappa shape index (κ2) is 3.79. The van der Waals surface area contributed by atoms with Gasteiger partial charge < -0.3 is 15.0 Å². The molecule has 0 saturated carbocycles. The second-order valence-electron chi connectivity index (χ2n) is 3.92. The number of carbonyl (C=O) groups is 1. The highest BCUT2D eigenvalue weighted by atomic mass is 16.3. The quantitative estimate of drug-likeness (QED) is 0.712. The molecule has 0 aliphatic carbocycles. The number of rotatable bonds is 3. The van der Waals surface area contributed by atoms with Crippen LogP contribution < -0.4 is 5.32 Å². The van der Waals surface area contributed by atoms with E-state index in [1.807, 2.05) is 0 Å². The standard InChI is InChI=1S/C9H15N3O2/c1-9(2,5-13)11-8(14)7-4-12(3)6-10-7/h4,6,13H,5H2,1-3H3,(H,11,14). The highest BCUT2D eigenvalue weighted by molar-refractivity contribution is 5.92. The van der Waals surface area contributed by atoms with E-state index in [2.05, 4.69) is 10.3 Å². The smallest absolute Gasteiger partial charge is 0.271 e. The van der Waals surface area contributed by atoms with Crippen LogP contribution in [-0.2, 0) is 7.05 Å². The minimum Gasteiger partial charge on any atom is -0.394 e. The van der Waals surface area contributed by atoms with Crippen molar-refractivity contribution in [1.82, 2.24) is 14.9 Å². The van der Waals surface area contributed by atoms with E-state index in [1.54, 1.807) is 38.0 Å². The van der Waals surface area contributed by atoms with E-state index in [1.165, 1.54) is 0 Å². The zero-order chi connectivity index (χ0) is 10.8. The first kappa shape index (κ1) is 10.7. The first-order valence-electron chi connectivity index (χ1n) is 4.36. The van der Waals surface area contributed by atoms with Gasteiger partial charge in [-0.15, -0.1) is 0 Å². The Morgan fingerprint density at radius 1 is 1.71 bits per heavy atom. The average Bonchev–Trinajstić information content (AvgIpc) is 2.51. The summed E-state index contributed by atoms with van der Waals surface area (Å²) in [6.45, 7) is 3.38. The molecule has 5 nitrogen and oxygen atoms in total. The van der Waals surface area contributed by atoms with E-state index in [-0.39, 0.29) is 12.5 Å². The zero-order valence-corrected chi connectivity index (χ0v) is 8.61. The first-order valence-corrected chi connectivity index (χ1v) is 4.36. The Morgan fingerprint density at radius 2 is 2.36 bits per heavy atom. The molecule has 0 saturated heterocycles. The van der Waals surface area contributed by atoms with Gasteiger partial charge >= 0.3 is 0 Å². The Hall–Kier alpha value is -1.36. The molecule has 0 radical (unpaired) electrons. The third-order valence-electron chi connectivity index (χ3n) is 1.78. The molecule has 1 amide bonds. The third-order valence-corrected chi connectivity index (χ3v) is 1.78. The summed E-state index contributed by atoms with van der Waals surface area (Å²) >= 11 is 0. The molecule has 1 rings (SSSR count). The molecule has 1 aromatic heterocycles. The number of imidazole rings is 1. The van der Waals surface area contributed by atoms with Crippen molar-refractivity contribution < 1.29 is 9.90 Å². The van der Waals surface area contributed by atoms with Gasteiger partial charge in [-0.3, -0.25) is 4.79 Å². The Bertz CT molecular complexity index is 331. The van der Waals surface area contributed by atoms with Crippen molar-refractivity contribution in [3.05, 3.63) is 18.2 Å². The lowest BCUT2D eigenvalue weighted by molar-refractivity contribution is 0.0864. The van der Waals surface area contributed by atoms with Gasteiger partial charge in [-0.1, -0.05) is 0 Å². The van der Waals surface area contributed by atoms with Crippen LogP contribution in [0.25, 0.3) is 0 Å². The highest BCUT2D eigenvalue weighted by Crippen LogP contribution is 2.02. The molecule has 2 N–H and O–H groups in total. The molecular weight excluding hydrogens is 182 g/mol. The predicted octanol–water partition coefficient (Wildman–Crippen LogP) is -0.0792. The van der Waals surface area contributed by atoms with Gasteiger partial charge in [0.25, 0.3) is 5.91 Å². The number of nitrogens with zero attached hydrogens (tertiary/aromatic N) is 2. The van der Waals surface area contributed by atoms with Gasteiger partial charge in [0.15, 0.2) is 0 Å². The van der Waals surface area contributed by atoms with Crippen LogP contribution in [0.15, 0.2) is 12.5 Å². The summed E-state index contributed by atoms with van der Waals surface area (Å²) in [7, 11) is 1.79.